The number of aryl methyl sites for hydroxylation is 1. The standard InChI is InChI=1S/C11H14N4OS/c1-3-9-6-12-11(17-9)7(2)15-10(16)8-4-13-14-5-8/h4-7H,3H2,1-2H3,(H,13,14)(H,15,16). The number of aromatic amines is 1. The summed E-state index contributed by atoms with van der Waals surface area (Å²) in [5, 5.41) is 10.2. The van der Waals surface area contributed by atoms with Gasteiger partial charge in [0.2, 0.25) is 0 Å². The number of amides is 1. The fourth-order valence-corrected chi connectivity index (χ4v) is 2.26. The van der Waals surface area contributed by atoms with Crippen molar-refractivity contribution in [2.24, 2.45) is 0 Å². The van der Waals surface area contributed by atoms with Crippen LogP contribution in [0.3, 0.4) is 0 Å². The van der Waals surface area contributed by atoms with Gasteiger partial charge in [-0.2, -0.15) is 5.10 Å². The highest BCUT2D eigenvalue weighted by atomic mass is 32.1. The molecular formula is C11H14N4OS. The second kappa shape index (κ2) is 5.09. The van der Waals surface area contributed by atoms with Crippen LogP contribution in [0.15, 0.2) is 18.6 Å². The number of carbonyl (C=O) groups excluding carboxylic acids is 1. The van der Waals surface area contributed by atoms with Gasteiger partial charge in [-0.1, -0.05) is 6.92 Å². The number of thiazole rings is 1. The second-order valence-corrected chi connectivity index (χ2v) is 4.85. The molecule has 1 atom stereocenters. The summed E-state index contributed by atoms with van der Waals surface area (Å²) in [7, 11) is 0. The molecule has 2 aromatic rings. The van der Waals surface area contributed by atoms with Crippen LogP contribution < -0.4 is 5.32 Å². The normalized spacial score (nSPS) is 12.4. The summed E-state index contributed by atoms with van der Waals surface area (Å²) < 4.78 is 0. The molecule has 17 heavy (non-hydrogen) atoms. The van der Waals surface area contributed by atoms with Gasteiger partial charge >= 0.3 is 0 Å². The molecule has 0 aromatic carbocycles. The largest absolute Gasteiger partial charge is 0.343 e. The van der Waals surface area contributed by atoms with Crippen LogP contribution in [0.5, 0.6) is 0 Å². The summed E-state index contributed by atoms with van der Waals surface area (Å²) in [6, 6.07) is -0.0808. The van der Waals surface area contributed by atoms with Crippen molar-refractivity contribution in [2.45, 2.75) is 26.3 Å². The van der Waals surface area contributed by atoms with E-state index in [0.717, 1.165) is 11.4 Å². The van der Waals surface area contributed by atoms with Crippen molar-refractivity contribution < 1.29 is 4.79 Å². The lowest BCUT2D eigenvalue weighted by molar-refractivity contribution is 0.0940. The first-order valence-corrected chi connectivity index (χ1v) is 6.26. The summed E-state index contributed by atoms with van der Waals surface area (Å²) in [4.78, 5) is 17.3. The maximum atomic E-state index is 11.8. The van der Waals surface area contributed by atoms with Crippen LogP contribution in [0.4, 0.5) is 0 Å². The summed E-state index contributed by atoms with van der Waals surface area (Å²) in [5.41, 5.74) is 0.532. The third-order valence-electron chi connectivity index (χ3n) is 2.40. The molecule has 0 saturated carbocycles. The van der Waals surface area contributed by atoms with E-state index in [1.807, 2.05) is 13.1 Å². The van der Waals surface area contributed by atoms with Crippen LogP contribution in [0.1, 0.15) is 40.1 Å². The Hall–Kier alpha value is -1.69. The number of nitrogens with one attached hydrogen (secondary N) is 2. The Kier molecular flexibility index (Phi) is 3.53. The van der Waals surface area contributed by atoms with Gasteiger partial charge in [-0.3, -0.25) is 9.89 Å². The van der Waals surface area contributed by atoms with Crippen LogP contribution in [-0.2, 0) is 6.42 Å². The molecule has 5 nitrogen and oxygen atoms in total. The molecule has 0 fully saturated rings. The van der Waals surface area contributed by atoms with Crippen LogP contribution in [0.2, 0.25) is 0 Å². The van der Waals surface area contributed by atoms with E-state index in [1.54, 1.807) is 17.5 Å². The highest BCUT2D eigenvalue weighted by Crippen LogP contribution is 2.20. The molecule has 0 spiro atoms. The van der Waals surface area contributed by atoms with E-state index >= 15 is 0 Å². The predicted octanol–water partition coefficient (Wildman–Crippen LogP) is 1.92. The molecule has 90 valence electrons. The highest BCUT2D eigenvalue weighted by molar-refractivity contribution is 7.11. The van der Waals surface area contributed by atoms with Gasteiger partial charge in [0.1, 0.15) is 5.01 Å². The van der Waals surface area contributed by atoms with E-state index < -0.39 is 0 Å². The van der Waals surface area contributed by atoms with Gasteiger partial charge in [0.05, 0.1) is 17.8 Å². The van der Waals surface area contributed by atoms with Crippen molar-refractivity contribution in [3.8, 4) is 0 Å². The molecule has 1 unspecified atom stereocenters. The van der Waals surface area contributed by atoms with Gasteiger partial charge in [-0.25, -0.2) is 4.98 Å². The van der Waals surface area contributed by atoms with Gasteiger partial charge in [0, 0.05) is 17.3 Å². The number of nitrogens with zero attached hydrogens (tertiary/aromatic N) is 2. The van der Waals surface area contributed by atoms with Gasteiger partial charge in [-0.15, -0.1) is 11.3 Å². The third kappa shape index (κ3) is 2.71. The fourth-order valence-electron chi connectivity index (χ4n) is 1.40. The molecule has 0 radical (unpaired) electrons. The third-order valence-corrected chi connectivity index (χ3v) is 3.72. The van der Waals surface area contributed by atoms with Gasteiger partial charge < -0.3 is 5.32 Å². The Balaban J connectivity index is 2.01. The summed E-state index contributed by atoms with van der Waals surface area (Å²) >= 11 is 1.63. The zero-order valence-electron chi connectivity index (χ0n) is 9.73. The number of aromatic nitrogens is 3. The lowest BCUT2D eigenvalue weighted by atomic mass is 10.3. The minimum atomic E-state index is -0.139. The quantitative estimate of drug-likeness (QED) is 0.871. The van der Waals surface area contributed by atoms with E-state index in [-0.39, 0.29) is 11.9 Å². The van der Waals surface area contributed by atoms with E-state index in [4.69, 9.17) is 0 Å². The molecular weight excluding hydrogens is 236 g/mol. The smallest absolute Gasteiger partial charge is 0.255 e. The molecule has 2 N–H and O–H groups in total. The average molecular weight is 250 g/mol. The molecule has 0 aliphatic heterocycles. The van der Waals surface area contributed by atoms with Crippen molar-refractivity contribution in [3.05, 3.63) is 34.0 Å². The zero-order valence-corrected chi connectivity index (χ0v) is 10.5. The molecule has 2 aromatic heterocycles. The first-order valence-electron chi connectivity index (χ1n) is 5.45. The Bertz CT molecular complexity index is 491. The predicted molar refractivity (Wildman–Crippen MR) is 66.0 cm³/mol. The Morgan fingerprint density at radius 2 is 2.41 bits per heavy atom. The van der Waals surface area contributed by atoms with E-state index in [9.17, 15) is 4.79 Å². The molecule has 0 aliphatic rings. The lowest BCUT2D eigenvalue weighted by Crippen LogP contribution is -2.26. The SMILES string of the molecule is CCc1cnc(C(C)NC(=O)c2cn[nH]c2)s1. The second-order valence-electron chi connectivity index (χ2n) is 3.70. The van der Waals surface area contributed by atoms with Crippen molar-refractivity contribution in [3.63, 3.8) is 0 Å². The van der Waals surface area contributed by atoms with E-state index in [0.29, 0.717) is 5.56 Å². The number of hydrogen-bond donors (Lipinski definition) is 2. The summed E-state index contributed by atoms with van der Waals surface area (Å²) in [6.45, 7) is 4.02. The van der Waals surface area contributed by atoms with Gasteiger partial charge in [0.15, 0.2) is 0 Å². The van der Waals surface area contributed by atoms with Crippen LogP contribution in [0, 0.1) is 0 Å². The Morgan fingerprint density at radius 1 is 1.59 bits per heavy atom. The van der Waals surface area contributed by atoms with Crippen LogP contribution >= 0.6 is 11.3 Å². The summed E-state index contributed by atoms with van der Waals surface area (Å²) in [6.07, 6.45) is 5.91. The first kappa shape index (κ1) is 11.8. The minimum absolute atomic E-state index is 0.0808. The van der Waals surface area contributed by atoms with Crippen LogP contribution in [0.25, 0.3) is 0 Å². The average Bonchev–Trinajstić information content (AvgIpc) is 3.00. The van der Waals surface area contributed by atoms with Crippen molar-refractivity contribution in [2.75, 3.05) is 0 Å². The highest BCUT2D eigenvalue weighted by Gasteiger charge is 2.14. The molecule has 2 rings (SSSR count). The molecule has 0 bridgehead atoms. The zero-order chi connectivity index (χ0) is 12.3. The maximum Gasteiger partial charge on any atom is 0.255 e. The molecule has 1 amide bonds. The van der Waals surface area contributed by atoms with Crippen molar-refractivity contribution in [1.82, 2.24) is 20.5 Å². The number of hydrogen-bond acceptors (Lipinski definition) is 4. The monoisotopic (exact) mass is 250 g/mol. The first-order chi connectivity index (χ1) is 8.20. The van der Waals surface area contributed by atoms with Crippen molar-refractivity contribution >= 4 is 17.2 Å². The summed E-state index contributed by atoms with van der Waals surface area (Å²) in [5.74, 6) is -0.139. The van der Waals surface area contributed by atoms with E-state index in [2.05, 4.69) is 27.4 Å². The molecule has 6 heteroatoms. The van der Waals surface area contributed by atoms with E-state index in [1.165, 1.54) is 11.1 Å². The van der Waals surface area contributed by atoms with Gasteiger partial charge in [-0.05, 0) is 13.3 Å². The number of carbonyl (C=O) groups is 1. The molecule has 2 heterocycles. The Morgan fingerprint density at radius 3 is 3.00 bits per heavy atom. The topological polar surface area (TPSA) is 70.7 Å². The lowest BCUT2D eigenvalue weighted by Gasteiger charge is -2.09. The molecule has 0 aliphatic carbocycles. The molecule has 0 saturated heterocycles. The van der Waals surface area contributed by atoms with Crippen LogP contribution in [-0.4, -0.2) is 21.1 Å². The maximum absolute atomic E-state index is 11.8. The van der Waals surface area contributed by atoms with Crippen molar-refractivity contribution in [1.29, 1.82) is 0 Å². The fraction of sp³-hybridized carbons (Fsp3) is 0.364. The van der Waals surface area contributed by atoms with Gasteiger partial charge in [0.25, 0.3) is 5.91 Å². The minimum Gasteiger partial charge on any atom is -0.343 e. The number of H-pyrrole nitrogens is 1. The Labute approximate surface area is 103 Å². The number of rotatable bonds is 4.